The first-order chi connectivity index (χ1) is 13.7. The summed E-state index contributed by atoms with van der Waals surface area (Å²) >= 11 is 1.24. The number of carbonyl (C=O) groups is 1. The molecule has 0 aliphatic rings. The van der Waals surface area contributed by atoms with Gasteiger partial charge in [-0.1, -0.05) is 62.2 Å². The molecule has 0 saturated heterocycles. The lowest BCUT2D eigenvalue weighted by molar-refractivity contribution is -0.120. The van der Waals surface area contributed by atoms with Gasteiger partial charge in [0.2, 0.25) is 5.91 Å². The van der Waals surface area contributed by atoms with Gasteiger partial charge in [0.25, 0.3) is 5.19 Å². The van der Waals surface area contributed by atoms with E-state index in [1.54, 1.807) is 0 Å². The molecule has 1 heterocycles. The van der Waals surface area contributed by atoms with Gasteiger partial charge in [0.1, 0.15) is 5.75 Å². The molecule has 3 rings (SSSR count). The molecule has 0 unspecified atom stereocenters. The molecule has 5 nitrogen and oxygen atoms in total. The molecule has 0 atom stereocenters. The highest BCUT2D eigenvalue weighted by molar-refractivity contribution is 7.07. The molecule has 0 fully saturated rings. The minimum atomic E-state index is 0.0550. The maximum Gasteiger partial charge on any atom is 0.298 e. The second-order valence-electron chi connectivity index (χ2n) is 6.62. The molecule has 3 aromatic rings. The third-order valence-corrected chi connectivity index (χ3v) is 4.88. The van der Waals surface area contributed by atoms with E-state index < -0.39 is 0 Å². The summed E-state index contributed by atoms with van der Waals surface area (Å²) in [5, 5.41) is 3.48. The molecule has 0 aliphatic heterocycles. The van der Waals surface area contributed by atoms with Gasteiger partial charge in [0.05, 0.1) is 6.42 Å². The monoisotopic (exact) mass is 395 g/mol. The van der Waals surface area contributed by atoms with Crippen LogP contribution in [0.2, 0.25) is 0 Å². The lowest BCUT2D eigenvalue weighted by Crippen LogP contribution is -2.26. The van der Waals surface area contributed by atoms with E-state index >= 15 is 0 Å². The van der Waals surface area contributed by atoms with Gasteiger partial charge in [-0.2, -0.15) is 9.36 Å². The Morgan fingerprint density at radius 3 is 2.57 bits per heavy atom. The van der Waals surface area contributed by atoms with Crippen LogP contribution in [-0.2, 0) is 17.6 Å². The predicted octanol–water partition coefficient (Wildman–Crippen LogP) is 4.77. The number of nitrogens with one attached hydrogen (secondary N) is 1. The Labute approximate surface area is 170 Å². The van der Waals surface area contributed by atoms with Gasteiger partial charge in [-0.3, -0.25) is 4.79 Å². The van der Waals surface area contributed by atoms with Crippen LogP contribution in [0.15, 0.2) is 54.6 Å². The lowest BCUT2D eigenvalue weighted by Gasteiger charge is -2.06. The summed E-state index contributed by atoms with van der Waals surface area (Å²) in [6.07, 6.45) is 4.40. The summed E-state index contributed by atoms with van der Waals surface area (Å²) in [6.45, 7) is 2.90. The number of aromatic nitrogens is 2. The SMILES string of the molecule is CCCCCNC(=O)Cc1ccc(Oc2nc(Cc3ccccc3)ns2)cc1. The van der Waals surface area contributed by atoms with Gasteiger partial charge in [-0.05, 0) is 29.7 Å². The highest BCUT2D eigenvalue weighted by Gasteiger charge is 2.08. The Morgan fingerprint density at radius 1 is 1.04 bits per heavy atom. The van der Waals surface area contributed by atoms with Crippen LogP contribution in [-0.4, -0.2) is 21.8 Å². The highest BCUT2D eigenvalue weighted by Crippen LogP contribution is 2.24. The zero-order chi connectivity index (χ0) is 19.6. The zero-order valence-corrected chi connectivity index (χ0v) is 16.9. The van der Waals surface area contributed by atoms with E-state index in [1.165, 1.54) is 17.1 Å². The summed E-state index contributed by atoms with van der Waals surface area (Å²) < 4.78 is 10.2. The van der Waals surface area contributed by atoms with Crippen molar-refractivity contribution in [1.29, 1.82) is 0 Å². The Bertz CT molecular complexity index is 863. The van der Waals surface area contributed by atoms with Gasteiger partial charge in [-0.25, -0.2) is 0 Å². The Kier molecular flexibility index (Phi) is 7.55. The van der Waals surface area contributed by atoms with Crippen molar-refractivity contribution < 1.29 is 9.53 Å². The van der Waals surface area contributed by atoms with Crippen LogP contribution in [0.4, 0.5) is 0 Å². The molecular weight excluding hydrogens is 370 g/mol. The van der Waals surface area contributed by atoms with Gasteiger partial charge in [0, 0.05) is 24.5 Å². The Morgan fingerprint density at radius 2 is 1.82 bits per heavy atom. The van der Waals surface area contributed by atoms with Crippen molar-refractivity contribution in [2.45, 2.75) is 39.0 Å². The minimum absolute atomic E-state index is 0.0550. The van der Waals surface area contributed by atoms with Crippen molar-refractivity contribution in [3.63, 3.8) is 0 Å². The third-order valence-electron chi connectivity index (χ3n) is 4.25. The smallest absolute Gasteiger partial charge is 0.298 e. The number of ether oxygens (including phenoxy) is 1. The van der Waals surface area contributed by atoms with E-state index in [0.717, 1.165) is 37.2 Å². The molecule has 28 heavy (non-hydrogen) atoms. The van der Waals surface area contributed by atoms with Crippen molar-refractivity contribution in [3.8, 4) is 10.9 Å². The van der Waals surface area contributed by atoms with Crippen LogP contribution in [0.3, 0.4) is 0 Å². The first-order valence-corrected chi connectivity index (χ1v) is 10.4. The van der Waals surface area contributed by atoms with Crippen molar-refractivity contribution in [3.05, 3.63) is 71.5 Å². The predicted molar refractivity (Wildman–Crippen MR) is 112 cm³/mol. The summed E-state index contributed by atoms with van der Waals surface area (Å²) in [6, 6.07) is 17.7. The summed E-state index contributed by atoms with van der Waals surface area (Å²) in [7, 11) is 0. The zero-order valence-electron chi connectivity index (χ0n) is 16.1. The van der Waals surface area contributed by atoms with E-state index in [9.17, 15) is 4.79 Å². The second kappa shape index (κ2) is 10.6. The quantitative estimate of drug-likeness (QED) is 0.502. The van der Waals surface area contributed by atoms with Crippen molar-refractivity contribution in [1.82, 2.24) is 14.7 Å². The van der Waals surface area contributed by atoms with Crippen molar-refractivity contribution in [2.75, 3.05) is 6.54 Å². The number of rotatable bonds is 10. The molecule has 1 amide bonds. The van der Waals surface area contributed by atoms with E-state index in [-0.39, 0.29) is 5.91 Å². The Balaban J connectivity index is 1.48. The molecule has 0 radical (unpaired) electrons. The molecular formula is C22H25N3O2S. The van der Waals surface area contributed by atoms with E-state index in [4.69, 9.17) is 4.74 Å². The van der Waals surface area contributed by atoms with E-state index in [1.807, 2.05) is 42.5 Å². The number of hydrogen-bond acceptors (Lipinski definition) is 5. The van der Waals surface area contributed by atoms with Crippen LogP contribution >= 0.6 is 11.5 Å². The first kappa shape index (κ1) is 20.0. The normalized spacial score (nSPS) is 10.6. The molecule has 0 bridgehead atoms. The second-order valence-corrected chi connectivity index (χ2v) is 7.33. The third kappa shape index (κ3) is 6.46. The number of amides is 1. The fraction of sp³-hybridized carbons (Fsp3) is 0.318. The van der Waals surface area contributed by atoms with E-state index in [2.05, 4.69) is 33.7 Å². The first-order valence-electron chi connectivity index (χ1n) is 9.63. The van der Waals surface area contributed by atoms with Crippen molar-refractivity contribution >= 4 is 17.4 Å². The van der Waals surface area contributed by atoms with Gasteiger partial charge in [-0.15, -0.1) is 0 Å². The molecule has 0 saturated carbocycles. The number of nitrogens with zero attached hydrogens (tertiary/aromatic N) is 2. The Hall–Kier alpha value is -2.73. The molecule has 1 aromatic heterocycles. The molecule has 146 valence electrons. The van der Waals surface area contributed by atoms with Crippen LogP contribution in [0, 0.1) is 0 Å². The molecule has 1 N–H and O–H groups in total. The maximum absolute atomic E-state index is 11.9. The number of hydrogen-bond donors (Lipinski definition) is 1. The average molecular weight is 396 g/mol. The minimum Gasteiger partial charge on any atom is -0.430 e. The van der Waals surface area contributed by atoms with Crippen LogP contribution in [0.5, 0.6) is 10.9 Å². The van der Waals surface area contributed by atoms with Crippen molar-refractivity contribution in [2.24, 2.45) is 0 Å². The molecule has 0 aliphatic carbocycles. The number of benzene rings is 2. The summed E-state index contributed by atoms with van der Waals surface area (Å²) in [4.78, 5) is 16.4. The number of carbonyl (C=O) groups excluding carboxylic acids is 1. The summed E-state index contributed by atoms with van der Waals surface area (Å²) in [5.74, 6) is 1.50. The van der Waals surface area contributed by atoms with Gasteiger partial charge in [0.15, 0.2) is 5.82 Å². The van der Waals surface area contributed by atoms with Crippen LogP contribution in [0.1, 0.15) is 43.1 Å². The topological polar surface area (TPSA) is 64.1 Å². The van der Waals surface area contributed by atoms with E-state index in [0.29, 0.717) is 23.8 Å². The molecule has 6 heteroatoms. The highest BCUT2D eigenvalue weighted by atomic mass is 32.1. The molecule has 2 aromatic carbocycles. The fourth-order valence-corrected chi connectivity index (χ4v) is 3.33. The maximum atomic E-state index is 11.9. The largest absolute Gasteiger partial charge is 0.430 e. The standard InChI is InChI=1S/C22H25N3O2S/c1-2-3-7-14-23-21(26)16-18-10-12-19(13-11-18)27-22-24-20(25-28-22)15-17-8-5-4-6-9-17/h4-6,8-13H,2-3,7,14-16H2,1H3,(H,23,26). The summed E-state index contributed by atoms with van der Waals surface area (Å²) in [5.41, 5.74) is 2.13. The number of unbranched alkanes of at least 4 members (excludes halogenated alkanes) is 2. The van der Waals surface area contributed by atoms with Crippen LogP contribution < -0.4 is 10.1 Å². The average Bonchev–Trinajstić information content (AvgIpc) is 3.14. The van der Waals surface area contributed by atoms with Gasteiger partial charge < -0.3 is 10.1 Å². The fourth-order valence-electron chi connectivity index (χ4n) is 2.76. The lowest BCUT2D eigenvalue weighted by atomic mass is 10.1. The van der Waals surface area contributed by atoms with Gasteiger partial charge >= 0.3 is 0 Å². The molecule has 0 spiro atoms. The van der Waals surface area contributed by atoms with Crippen LogP contribution in [0.25, 0.3) is 0 Å².